The normalized spacial score (nSPS) is 18.1. The molecule has 0 radical (unpaired) electrons. The predicted octanol–water partition coefficient (Wildman–Crippen LogP) is -7.57. The fourth-order valence-corrected chi connectivity index (χ4v) is 7.29. The van der Waals surface area contributed by atoms with Crippen LogP contribution in [0.3, 0.4) is 0 Å². The average molecular weight is 752 g/mol. The monoisotopic (exact) mass is 751 g/mol. The molecule has 0 aliphatic carbocycles. The molecular weight excluding hydrogens is 711 g/mol. The van der Waals surface area contributed by atoms with Crippen LogP contribution in [0.15, 0.2) is 24.8 Å². The van der Waals surface area contributed by atoms with Gasteiger partial charge in [0.15, 0.2) is 0 Å². The molecule has 2 aliphatic heterocycles. The summed E-state index contributed by atoms with van der Waals surface area (Å²) in [5, 5.41) is 47.8. The molecule has 3 aromatic rings. The molecule has 0 saturated carbocycles. The number of aromatic nitrogens is 4. The van der Waals surface area contributed by atoms with E-state index in [9.17, 15) is 39.6 Å². The minimum Gasteiger partial charge on any atom is -0.550 e. The number of rotatable bonds is 11. The van der Waals surface area contributed by atoms with Crippen LogP contribution in [0.1, 0.15) is 119 Å². The summed E-state index contributed by atoms with van der Waals surface area (Å²) in [5.41, 5.74) is 6.27. The molecule has 0 fully saturated rings. The van der Waals surface area contributed by atoms with Crippen LogP contribution < -0.4 is 109 Å². The van der Waals surface area contributed by atoms with Gasteiger partial charge in [0.2, 0.25) is 5.91 Å². The Hall–Kier alpha value is -2.30. The quantitative estimate of drug-likeness (QED) is 0.135. The third kappa shape index (κ3) is 9.57. The van der Waals surface area contributed by atoms with Crippen molar-refractivity contribution >= 4 is 52.0 Å². The van der Waals surface area contributed by atoms with Gasteiger partial charge in [0.25, 0.3) is 0 Å². The first-order chi connectivity index (χ1) is 23.7. The molecule has 2 aliphatic rings. The molecule has 3 aromatic heterocycles. The fraction of sp³-hybridized carbons (Fsp3) is 0.405. The summed E-state index contributed by atoms with van der Waals surface area (Å²) in [6, 6.07) is 3.90. The molecule has 5 atom stereocenters. The number of carboxylic acids is 3. The molecule has 0 aromatic carbocycles. The van der Waals surface area contributed by atoms with E-state index in [-0.39, 0.29) is 136 Å². The second kappa shape index (κ2) is 19.5. The minimum absolute atomic E-state index is 0. The number of aliphatic hydroxyl groups is 1. The van der Waals surface area contributed by atoms with Gasteiger partial charge in [-0.15, -0.1) is 0 Å². The van der Waals surface area contributed by atoms with Gasteiger partial charge in [-0.3, -0.25) is 14.8 Å². The maximum atomic E-state index is 13.4. The zero-order valence-corrected chi connectivity index (χ0v) is 37.6. The third-order valence-electron chi connectivity index (χ3n) is 10.2. The molecule has 13 nitrogen and oxygen atoms in total. The van der Waals surface area contributed by atoms with E-state index >= 15 is 0 Å². The second-order valence-corrected chi connectivity index (χ2v) is 13.1. The molecule has 53 heavy (non-hydrogen) atoms. The van der Waals surface area contributed by atoms with Gasteiger partial charge in [-0.25, -0.2) is 0 Å². The third-order valence-corrected chi connectivity index (χ3v) is 10.2. The summed E-state index contributed by atoms with van der Waals surface area (Å²) in [4.78, 5) is 66.1. The van der Waals surface area contributed by atoms with Crippen LogP contribution in [0.25, 0.3) is 28.1 Å². The van der Waals surface area contributed by atoms with Crippen molar-refractivity contribution in [1.29, 1.82) is 0 Å². The van der Waals surface area contributed by atoms with Crippen LogP contribution in [0.5, 0.6) is 0 Å². The van der Waals surface area contributed by atoms with E-state index in [1.54, 1.807) is 19.1 Å². The summed E-state index contributed by atoms with van der Waals surface area (Å²) in [5.74, 6) is -6.37. The first-order valence-corrected chi connectivity index (χ1v) is 16.6. The molecule has 264 valence electrons. The number of carbonyl (C=O) groups excluding carboxylic acids is 4. The van der Waals surface area contributed by atoms with Crippen molar-refractivity contribution in [3.8, 4) is 0 Å². The topological polar surface area (TPSA) is 227 Å². The number of amides is 1. The van der Waals surface area contributed by atoms with Gasteiger partial charge < -0.3 is 50.1 Å². The maximum Gasteiger partial charge on any atom is 1.00 e. The summed E-state index contributed by atoms with van der Waals surface area (Å²) in [7, 11) is 0. The summed E-state index contributed by atoms with van der Waals surface area (Å²) >= 11 is 0. The molecule has 5 heterocycles. The van der Waals surface area contributed by atoms with E-state index < -0.39 is 54.7 Å². The van der Waals surface area contributed by atoms with Crippen LogP contribution in [-0.2, 0) is 20.8 Å². The Kier molecular flexibility index (Phi) is 17.3. The number of carbonyl (C=O) groups is 4. The number of H-pyrrole nitrogens is 2. The number of aliphatic carboxylic acids is 2. The van der Waals surface area contributed by atoms with Crippen molar-refractivity contribution in [2.75, 3.05) is 6.61 Å². The number of hydrogen-bond donors (Lipinski definition) is 4. The van der Waals surface area contributed by atoms with E-state index in [2.05, 4.69) is 28.8 Å². The van der Waals surface area contributed by atoms with E-state index in [0.717, 1.165) is 40.0 Å². The molecule has 2 unspecified atom stereocenters. The molecular formula is C37H40N5Na3O8. The molecule has 0 saturated heterocycles. The van der Waals surface area contributed by atoms with E-state index in [1.165, 1.54) is 0 Å². The van der Waals surface area contributed by atoms with Crippen molar-refractivity contribution in [2.45, 2.75) is 90.0 Å². The number of hydrogen-bond acceptors (Lipinski definition) is 10. The van der Waals surface area contributed by atoms with Gasteiger partial charge in [-0.2, -0.15) is 0 Å². The molecule has 0 spiro atoms. The smallest absolute Gasteiger partial charge is 0.550 e. The van der Waals surface area contributed by atoms with Crippen molar-refractivity contribution in [1.82, 2.24) is 25.3 Å². The zero-order chi connectivity index (χ0) is 36.6. The first-order valence-electron chi connectivity index (χ1n) is 16.6. The number of aromatic carboxylic acids is 1. The SMILES string of the molecule is C=Cc1c(C)c2cc3nc(c(CC(=O)N[C@@H](CO)C(=O)[O-])c4[nH]c(cc5nc(cc1[nH]2)C(C)C5CC)c(C)c4C(=O)[O-])[C@@H](CCC(=O)[O-])[C@@H]3C.[Na+].[Na+].[Na+]. The Morgan fingerprint density at radius 1 is 0.906 bits per heavy atom. The predicted molar refractivity (Wildman–Crippen MR) is 179 cm³/mol. The number of aliphatic hydroxyl groups excluding tert-OH is 1. The van der Waals surface area contributed by atoms with E-state index in [4.69, 9.17) is 9.97 Å². The Morgan fingerprint density at radius 2 is 1.49 bits per heavy atom. The van der Waals surface area contributed by atoms with E-state index in [0.29, 0.717) is 16.8 Å². The number of carboxylic acid groups (broad SMARTS) is 3. The molecule has 16 heteroatoms. The Bertz CT molecular complexity index is 2080. The second-order valence-electron chi connectivity index (χ2n) is 13.1. The first kappa shape index (κ1) is 46.9. The molecule has 1 amide bonds. The van der Waals surface area contributed by atoms with Crippen LogP contribution in [0, 0.1) is 13.8 Å². The van der Waals surface area contributed by atoms with Crippen LogP contribution in [0.4, 0.5) is 0 Å². The van der Waals surface area contributed by atoms with Crippen molar-refractivity contribution in [3.05, 3.63) is 75.4 Å². The molecule has 8 bridgehead atoms. The van der Waals surface area contributed by atoms with Gasteiger partial charge >= 0.3 is 88.7 Å². The van der Waals surface area contributed by atoms with Gasteiger partial charge in [0, 0.05) is 80.0 Å². The zero-order valence-electron chi connectivity index (χ0n) is 31.6. The summed E-state index contributed by atoms with van der Waals surface area (Å²) in [6.45, 7) is 12.6. The largest absolute Gasteiger partial charge is 1.00 e. The molecule has 4 N–H and O–H groups in total. The standard InChI is InChI=1S/C37H43N5O8.3Na/c1-7-20-16(3)24-12-26-18(5)22(9-10-32(45)46)34(41-26)23(11-31(44)40-30(15-43)36(47)48)35-33(37(49)50)19(6)27(42-35)14-29-21(8-2)17(4)25(39-29)13-28(20)38-24;;;/h7,12-14,17-18,21-22,30,38,42-43H,1,8-11,15H2,2-6H3,(H,40,44)(H,45,46)(H,47,48)(H,49,50);;;/q;3*+1/p-3/t17?,18-,21?,22-,30-;;;/m0.../s1. The maximum absolute atomic E-state index is 13.4. The van der Waals surface area contributed by atoms with Gasteiger partial charge in [0.05, 0.1) is 42.2 Å². The Labute approximate surface area is 373 Å². The van der Waals surface area contributed by atoms with Gasteiger partial charge in [0.1, 0.15) is 0 Å². The Balaban J connectivity index is 0.00000324. The van der Waals surface area contributed by atoms with Crippen LogP contribution in [-0.4, -0.2) is 61.5 Å². The van der Waals surface area contributed by atoms with Crippen molar-refractivity contribution < 1.29 is 128 Å². The molecule has 5 rings (SSSR count). The number of aryl methyl sites for hydroxylation is 2. The number of aromatic amines is 2. The summed E-state index contributed by atoms with van der Waals surface area (Å²) in [6.07, 6.45) is 1.65. The van der Waals surface area contributed by atoms with Gasteiger partial charge in [-0.1, -0.05) is 33.4 Å². The average Bonchev–Trinajstić information content (AvgIpc) is 3.74. The Morgan fingerprint density at radius 3 is 2.06 bits per heavy atom. The van der Waals surface area contributed by atoms with Crippen LogP contribution >= 0.6 is 0 Å². The van der Waals surface area contributed by atoms with Crippen molar-refractivity contribution in [2.24, 2.45) is 0 Å². The fourth-order valence-electron chi connectivity index (χ4n) is 7.29. The van der Waals surface area contributed by atoms with Crippen molar-refractivity contribution in [3.63, 3.8) is 0 Å². The summed E-state index contributed by atoms with van der Waals surface area (Å²) < 4.78 is 0. The van der Waals surface area contributed by atoms with E-state index in [1.807, 2.05) is 32.9 Å². The minimum atomic E-state index is -1.72. The van der Waals surface area contributed by atoms with Crippen LogP contribution in [0.2, 0.25) is 0 Å². The van der Waals surface area contributed by atoms with Gasteiger partial charge in [-0.05, 0) is 62.4 Å². The number of fused-ring (bicyclic) bond motifs is 8. The number of nitrogens with one attached hydrogen (secondary N) is 3. The number of nitrogens with zero attached hydrogens (tertiary/aromatic N) is 2.